The summed E-state index contributed by atoms with van der Waals surface area (Å²) in [5.41, 5.74) is 4.64. The Kier molecular flexibility index (Phi) is 4.12. The normalized spacial score (nSPS) is 10.5. The maximum atomic E-state index is 8.90. The lowest BCUT2D eigenvalue weighted by atomic mass is 10.0. The van der Waals surface area contributed by atoms with Gasteiger partial charge >= 0.3 is 0 Å². The van der Waals surface area contributed by atoms with Crippen LogP contribution in [0, 0.1) is 13.8 Å². The van der Waals surface area contributed by atoms with Crippen molar-refractivity contribution in [3.63, 3.8) is 0 Å². The molecule has 0 bridgehead atoms. The van der Waals surface area contributed by atoms with E-state index >= 15 is 0 Å². The van der Waals surface area contributed by atoms with Crippen LogP contribution in [0.15, 0.2) is 30.6 Å². The number of aliphatic hydroxyl groups excluding tert-OH is 1. The lowest BCUT2D eigenvalue weighted by Gasteiger charge is -2.15. The van der Waals surface area contributed by atoms with E-state index in [1.807, 2.05) is 24.3 Å². The smallest absolute Gasteiger partial charge is 0.225 e. The number of aliphatic hydroxyl groups is 1. The quantitative estimate of drug-likeness (QED) is 0.912. The Bertz CT molecular complexity index is 552. The first-order valence-electron chi connectivity index (χ1n) is 6.33. The van der Waals surface area contributed by atoms with Crippen LogP contribution in [-0.2, 0) is 0 Å². The van der Waals surface area contributed by atoms with E-state index in [2.05, 4.69) is 42.0 Å². The van der Waals surface area contributed by atoms with Crippen LogP contribution in [0.2, 0.25) is 0 Å². The molecule has 0 aliphatic carbocycles. The van der Waals surface area contributed by atoms with Crippen molar-refractivity contribution >= 4 is 5.95 Å². The highest BCUT2D eigenvalue weighted by Crippen LogP contribution is 2.23. The van der Waals surface area contributed by atoms with E-state index in [1.165, 1.54) is 11.1 Å². The Labute approximate surface area is 113 Å². The van der Waals surface area contributed by atoms with E-state index in [0.717, 1.165) is 11.1 Å². The molecule has 1 heterocycles. The van der Waals surface area contributed by atoms with E-state index in [9.17, 15) is 0 Å². The van der Waals surface area contributed by atoms with Crippen molar-refractivity contribution in [1.82, 2.24) is 9.97 Å². The Morgan fingerprint density at radius 2 is 1.84 bits per heavy atom. The van der Waals surface area contributed by atoms with Gasteiger partial charge in [-0.3, -0.25) is 0 Å². The van der Waals surface area contributed by atoms with Crippen molar-refractivity contribution in [2.24, 2.45) is 0 Å². The second-order valence-corrected chi connectivity index (χ2v) is 4.74. The van der Waals surface area contributed by atoms with E-state index in [0.29, 0.717) is 12.5 Å². The molecular weight excluding hydrogens is 238 g/mol. The highest BCUT2D eigenvalue weighted by Gasteiger charge is 2.06. The minimum absolute atomic E-state index is 0.0959. The second kappa shape index (κ2) is 5.80. The number of hydrogen-bond donors (Lipinski definition) is 1. The molecule has 2 rings (SSSR count). The highest BCUT2D eigenvalue weighted by atomic mass is 16.3. The summed E-state index contributed by atoms with van der Waals surface area (Å²) in [6.07, 6.45) is 3.65. The number of anilines is 1. The van der Waals surface area contributed by atoms with Crippen molar-refractivity contribution < 1.29 is 5.11 Å². The molecule has 0 unspecified atom stereocenters. The number of likely N-dealkylation sites (N-methyl/N-ethyl adjacent to an activating group) is 1. The molecule has 0 radical (unpaired) electrons. The third kappa shape index (κ3) is 3.09. The molecule has 4 heteroatoms. The first-order chi connectivity index (χ1) is 9.11. The third-order valence-electron chi connectivity index (χ3n) is 3.11. The fourth-order valence-corrected chi connectivity index (χ4v) is 2.04. The zero-order valence-electron chi connectivity index (χ0n) is 11.6. The Morgan fingerprint density at radius 1 is 1.16 bits per heavy atom. The molecule has 0 aliphatic heterocycles. The number of aromatic nitrogens is 2. The van der Waals surface area contributed by atoms with E-state index < -0.39 is 0 Å². The summed E-state index contributed by atoms with van der Waals surface area (Å²) in [5.74, 6) is 0.627. The van der Waals surface area contributed by atoms with Gasteiger partial charge in [0.15, 0.2) is 0 Å². The van der Waals surface area contributed by atoms with Gasteiger partial charge in [0, 0.05) is 31.5 Å². The topological polar surface area (TPSA) is 49.2 Å². The molecule has 0 aliphatic rings. The summed E-state index contributed by atoms with van der Waals surface area (Å²) < 4.78 is 0. The predicted molar refractivity (Wildman–Crippen MR) is 77.3 cm³/mol. The third-order valence-corrected chi connectivity index (χ3v) is 3.11. The van der Waals surface area contributed by atoms with Gasteiger partial charge in [-0.2, -0.15) is 0 Å². The largest absolute Gasteiger partial charge is 0.395 e. The molecule has 4 nitrogen and oxygen atoms in total. The summed E-state index contributed by atoms with van der Waals surface area (Å²) in [7, 11) is 1.86. The number of rotatable bonds is 4. The lowest BCUT2D eigenvalue weighted by Crippen LogP contribution is -2.23. The molecule has 0 saturated heterocycles. The summed E-state index contributed by atoms with van der Waals surface area (Å²) in [6.45, 7) is 4.80. The molecule has 100 valence electrons. The molecule has 1 aromatic carbocycles. The minimum Gasteiger partial charge on any atom is -0.395 e. The molecule has 0 fully saturated rings. The van der Waals surface area contributed by atoms with Gasteiger partial charge in [0.05, 0.1) is 6.61 Å². The van der Waals surface area contributed by atoms with Crippen LogP contribution in [0.25, 0.3) is 11.1 Å². The second-order valence-electron chi connectivity index (χ2n) is 4.74. The summed E-state index contributed by atoms with van der Waals surface area (Å²) in [5, 5.41) is 8.90. The van der Waals surface area contributed by atoms with E-state index in [4.69, 9.17) is 5.11 Å². The average Bonchev–Trinajstić information content (AvgIpc) is 2.39. The van der Waals surface area contributed by atoms with Crippen LogP contribution in [0.3, 0.4) is 0 Å². The van der Waals surface area contributed by atoms with Crippen molar-refractivity contribution in [1.29, 1.82) is 0 Å². The average molecular weight is 257 g/mol. The number of nitrogens with zero attached hydrogens (tertiary/aromatic N) is 3. The molecular formula is C15H19N3O. The van der Waals surface area contributed by atoms with E-state index in [-0.39, 0.29) is 6.61 Å². The standard InChI is InChI=1S/C15H19N3O/c1-11-4-5-14(12(2)8-11)13-9-16-15(17-10-13)18(3)6-7-19/h4-5,8-10,19H,6-7H2,1-3H3. The van der Waals surface area contributed by atoms with Crippen LogP contribution in [0.4, 0.5) is 5.95 Å². The maximum Gasteiger partial charge on any atom is 0.225 e. The van der Waals surface area contributed by atoms with Crippen LogP contribution >= 0.6 is 0 Å². The summed E-state index contributed by atoms with van der Waals surface area (Å²) >= 11 is 0. The fraction of sp³-hybridized carbons (Fsp3) is 0.333. The number of benzene rings is 1. The van der Waals surface area contributed by atoms with Gasteiger partial charge in [-0.1, -0.05) is 23.8 Å². The van der Waals surface area contributed by atoms with Crippen LogP contribution in [0.5, 0.6) is 0 Å². The number of hydrogen-bond acceptors (Lipinski definition) is 4. The molecule has 1 N–H and O–H groups in total. The molecule has 0 atom stereocenters. The van der Waals surface area contributed by atoms with Crippen LogP contribution < -0.4 is 4.90 Å². The molecule has 0 saturated carbocycles. The molecule has 0 spiro atoms. The Balaban J connectivity index is 2.27. The van der Waals surface area contributed by atoms with Crippen LogP contribution in [0.1, 0.15) is 11.1 Å². The van der Waals surface area contributed by atoms with Crippen LogP contribution in [-0.4, -0.2) is 35.3 Å². The van der Waals surface area contributed by atoms with Gasteiger partial charge in [0.25, 0.3) is 0 Å². The summed E-state index contributed by atoms with van der Waals surface area (Å²) in [4.78, 5) is 10.5. The molecule has 1 aromatic heterocycles. The zero-order chi connectivity index (χ0) is 13.8. The van der Waals surface area contributed by atoms with Gasteiger partial charge < -0.3 is 10.0 Å². The summed E-state index contributed by atoms with van der Waals surface area (Å²) in [6, 6.07) is 6.34. The highest BCUT2D eigenvalue weighted by molar-refractivity contribution is 5.66. The van der Waals surface area contributed by atoms with E-state index in [1.54, 1.807) is 0 Å². The minimum atomic E-state index is 0.0959. The first-order valence-corrected chi connectivity index (χ1v) is 6.33. The Hall–Kier alpha value is -1.94. The van der Waals surface area contributed by atoms with Gasteiger partial charge in [-0.05, 0) is 25.0 Å². The first kappa shape index (κ1) is 13.5. The van der Waals surface area contributed by atoms with Gasteiger partial charge in [-0.25, -0.2) is 9.97 Å². The van der Waals surface area contributed by atoms with Gasteiger partial charge in [0.1, 0.15) is 0 Å². The van der Waals surface area contributed by atoms with Crippen molar-refractivity contribution in [3.05, 3.63) is 41.7 Å². The monoisotopic (exact) mass is 257 g/mol. The van der Waals surface area contributed by atoms with Crippen molar-refractivity contribution in [3.8, 4) is 11.1 Å². The van der Waals surface area contributed by atoms with Gasteiger partial charge in [-0.15, -0.1) is 0 Å². The van der Waals surface area contributed by atoms with Gasteiger partial charge in [0.2, 0.25) is 5.95 Å². The SMILES string of the molecule is Cc1ccc(-c2cnc(N(C)CCO)nc2)c(C)c1. The maximum absolute atomic E-state index is 8.90. The molecule has 0 amide bonds. The van der Waals surface area contributed by atoms with Crippen molar-refractivity contribution in [2.75, 3.05) is 25.1 Å². The number of aryl methyl sites for hydroxylation is 2. The Morgan fingerprint density at radius 3 is 2.42 bits per heavy atom. The lowest BCUT2D eigenvalue weighted by molar-refractivity contribution is 0.303. The molecule has 2 aromatic rings. The fourth-order valence-electron chi connectivity index (χ4n) is 2.04. The molecule has 19 heavy (non-hydrogen) atoms. The van der Waals surface area contributed by atoms with Crippen molar-refractivity contribution in [2.45, 2.75) is 13.8 Å². The zero-order valence-corrected chi connectivity index (χ0v) is 11.6. The predicted octanol–water partition coefficient (Wildman–Crippen LogP) is 2.19.